The molecule has 1 aromatic heterocycles. The number of fused-ring (bicyclic) bond motifs is 1. The predicted molar refractivity (Wildman–Crippen MR) is 106 cm³/mol. The van der Waals surface area contributed by atoms with Gasteiger partial charge < -0.3 is 4.57 Å². The third-order valence-corrected chi connectivity index (χ3v) is 6.40. The Bertz CT molecular complexity index is 1190. The van der Waals surface area contributed by atoms with E-state index >= 15 is 0 Å². The highest BCUT2D eigenvalue weighted by Gasteiger charge is 2.14. The zero-order chi connectivity index (χ0) is 20.3. The van der Waals surface area contributed by atoms with Crippen molar-refractivity contribution in [3.63, 3.8) is 0 Å². The molecule has 3 rings (SSSR count). The highest BCUT2D eigenvalue weighted by atomic mass is 35.5. The predicted octanol–water partition coefficient (Wildman–Crippen LogP) is 2.64. The minimum atomic E-state index is -3.48. The molecule has 2 N–H and O–H groups in total. The largest absolute Gasteiger partial charge is 0.315 e. The Labute approximate surface area is 166 Å². The van der Waals surface area contributed by atoms with Crippen molar-refractivity contribution in [2.24, 2.45) is 0 Å². The minimum absolute atomic E-state index is 0.119. The molecule has 28 heavy (non-hydrogen) atoms. The standard InChI is InChI=1S/C19H17ClN2O5S/c20-15-4-6-16(7-5-15)28(26,27)11-1-9-22-10-8-13-2-3-14(18(23)21-25)12-17(13)19(22)24/h2-8,10,12,25H,1,9,11H2,(H,21,23). The maximum atomic E-state index is 12.7. The van der Waals surface area contributed by atoms with E-state index in [9.17, 15) is 18.0 Å². The first kappa shape index (κ1) is 20.1. The van der Waals surface area contributed by atoms with Gasteiger partial charge in [0.1, 0.15) is 0 Å². The first-order valence-electron chi connectivity index (χ1n) is 8.38. The Kier molecular flexibility index (Phi) is 5.83. The summed E-state index contributed by atoms with van der Waals surface area (Å²) < 4.78 is 26.2. The fraction of sp³-hybridized carbons (Fsp3) is 0.158. The number of hydrogen-bond acceptors (Lipinski definition) is 5. The van der Waals surface area contributed by atoms with Gasteiger partial charge in [-0.2, -0.15) is 0 Å². The molecular formula is C19H17ClN2O5S. The topological polar surface area (TPSA) is 105 Å². The van der Waals surface area contributed by atoms with Crippen LogP contribution in [-0.4, -0.2) is 29.9 Å². The summed E-state index contributed by atoms with van der Waals surface area (Å²) in [6, 6.07) is 12.1. The maximum absolute atomic E-state index is 12.7. The molecule has 0 atom stereocenters. The number of nitrogens with one attached hydrogen (secondary N) is 1. The van der Waals surface area contributed by atoms with Crippen LogP contribution < -0.4 is 11.0 Å². The molecule has 0 saturated carbocycles. The quantitative estimate of drug-likeness (QED) is 0.471. The number of benzene rings is 2. The Morgan fingerprint density at radius 2 is 1.82 bits per heavy atom. The SMILES string of the molecule is O=C(NO)c1ccc2ccn(CCCS(=O)(=O)c3ccc(Cl)cc3)c(=O)c2c1. The van der Waals surface area contributed by atoms with E-state index in [1.807, 2.05) is 0 Å². The molecule has 9 heteroatoms. The lowest BCUT2D eigenvalue weighted by atomic mass is 10.1. The van der Waals surface area contributed by atoms with Crippen molar-refractivity contribution < 1.29 is 18.4 Å². The van der Waals surface area contributed by atoms with Crippen LogP contribution in [0.3, 0.4) is 0 Å². The van der Waals surface area contributed by atoms with Gasteiger partial charge in [0.2, 0.25) is 0 Å². The van der Waals surface area contributed by atoms with Crippen LogP contribution in [0.15, 0.2) is 64.4 Å². The summed E-state index contributed by atoms with van der Waals surface area (Å²) >= 11 is 5.78. The number of carbonyl (C=O) groups excluding carboxylic acids is 1. The maximum Gasteiger partial charge on any atom is 0.274 e. The Morgan fingerprint density at radius 3 is 2.50 bits per heavy atom. The second-order valence-electron chi connectivity index (χ2n) is 6.18. The van der Waals surface area contributed by atoms with Crippen LogP contribution in [0.1, 0.15) is 16.8 Å². The molecule has 0 radical (unpaired) electrons. The van der Waals surface area contributed by atoms with Gasteiger partial charge in [-0.3, -0.25) is 14.8 Å². The first-order chi connectivity index (χ1) is 13.3. The number of aryl methyl sites for hydroxylation is 1. The number of nitrogens with zero attached hydrogens (tertiary/aromatic N) is 1. The van der Waals surface area contributed by atoms with Crippen molar-refractivity contribution in [2.75, 3.05) is 5.75 Å². The smallest absolute Gasteiger partial charge is 0.274 e. The van der Waals surface area contributed by atoms with Crippen LogP contribution in [-0.2, 0) is 16.4 Å². The van der Waals surface area contributed by atoms with E-state index in [1.165, 1.54) is 46.4 Å². The average molecular weight is 421 g/mol. The summed E-state index contributed by atoms with van der Waals surface area (Å²) in [6.07, 6.45) is 1.83. The molecule has 0 fully saturated rings. The number of halogens is 1. The van der Waals surface area contributed by atoms with Crippen molar-refractivity contribution >= 4 is 38.1 Å². The van der Waals surface area contributed by atoms with E-state index in [1.54, 1.807) is 18.3 Å². The Morgan fingerprint density at radius 1 is 1.11 bits per heavy atom. The summed E-state index contributed by atoms with van der Waals surface area (Å²) in [5, 5.41) is 10.1. The van der Waals surface area contributed by atoms with Crippen molar-refractivity contribution in [2.45, 2.75) is 17.9 Å². The third kappa shape index (κ3) is 4.24. The molecule has 0 bridgehead atoms. The lowest BCUT2D eigenvalue weighted by Gasteiger charge is -2.09. The van der Waals surface area contributed by atoms with Crippen molar-refractivity contribution in [3.05, 3.63) is 75.7 Å². The van der Waals surface area contributed by atoms with Gasteiger partial charge in [0, 0.05) is 28.7 Å². The summed E-state index contributed by atoms with van der Waals surface area (Å²) in [5.41, 5.74) is 1.34. The van der Waals surface area contributed by atoms with E-state index < -0.39 is 15.7 Å². The van der Waals surface area contributed by atoms with Crippen molar-refractivity contribution in [1.29, 1.82) is 0 Å². The monoisotopic (exact) mass is 420 g/mol. The molecule has 1 heterocycles. The van der Waals surface area contributed by atoms with Gasteiger partial charge in [-0.05, 0) is 54.3 Å². The molecule has 1 amide bonds. The van der Waals surface area contributed by atoms with E-state index in [0.717, 1.165) is 0 Å². The van der Waals surface area contributed by atoms with Gasteiger partial charge in [-0.15, -0.1) is 0 Å². The van der Waals surface area contributed by atoms with Crippen molar-refractivity contribution in [3.8, 4) is 0 Å². The van der Waals surface area contributed by atoms with Crippen LogP contribution in [0.5, 0.6) is 0 Å². The molecule has 7 nitrogen and oxygen atoms in total. The van der Waals surface area contributed by atoms with Gasteiger partial charge in [-0.25, -0.2) is 13.9 Å². The number of hydrogen-bond donors (Lipinski definition) is 2. The fourth-order valence-electron chi connectivity index (χ4n) is 2.85. The highest BCUT2D eigenvalue weighted by molar-refractivity contribution is 7.91. The van der Waals surface area contributed by atoms with Crippen LogP contribution in [0.2, 0.25) is 5.02 Å². The highest BCUT2D eigenvalue weighted by Crippen LogP contribution is 2.17. The van der Waals surface area contributed by atoms with E-state index in [-0.39, 0.29) is 34.7 Å². The summed E-state index contributed by atoms with van der Waals surface area (Å²) in [4.78, 5) is 24.4. The Hall–Kier alpha value is -2.68. The zero-order valence-electron chi connectivity index (χ0n) is 14.6. The molecule has 2 aromatic carbocycles. The van der Waals surface area contributed by atoms with Crippen LogP contribution >= 0.6 is 11.6 Å². The van der Waals surface area contributed by atoms with Gasteiger partial charge in [0.15, 0.2) is 9.84 Å². The molecule has 0 saturated heterocycles. The lowest BCUT2D eigenvalue weighted by Crippen LogP contribution is -2.22. The van der Waals surface area contributed by atoms with Gasteiger partial charge in [0.05, 0.1) is 10.6 Å². The number of hydroxylamine groups is 1. The third-order valence-electron chi connectivity index (χ3n) is 4.33. The minimum Gasteiger partial charge on any atom is -0.315 e. The van der Waals surface area contributed by atoms with Crippen molar-refractivity contribution in [1.82, 2.24) is 10.0 Å². The summed E-state index contributed by atoms with van der Waals surface area (Å²) in [7, 11) is -3.48. The number of sulfone groups is 1. The summed E-state index contributed by atoms with van der Waals surface area (Å²) in [6.45, 7) is 0.206. The number of carbonyl (C=O) groups is 1. The average Bonchev–Trinajstić information content (AvgIpc) is 2.69. The second-order valence-corrected chi connectivity index (χ2v) is 8.73. The second kappa shape index (κ2) is 8.14. The molecule has 146 valence electrons. The first-order valence-corrected chi connectivity index (χ1v) is 10.4. The Balaban J connectivity index is 1.79. The molecule has 0 unspecified atom stereocenters. The summed E-state index contributed by atoms with van der Waals surface area (Å²) in [5.74, 6) is -0.836. The molecule has 3 aromatic rings. The van der Waals surface area contributed by atoms with E-state index in [4.69, 9.17) is 16.8 Å². The molecule has 0 aliphatic rings. The number of aromatic nitrogens is 1. The molecule has 0 aliphatic carbocycles. The zero-order valence-corrected chi connectivity index (χ0v) is 16.2. The van der Waals surface area contributed by atoms with Gasteiger partial charge >= 0.3 is 0 Å². The van der Waals surface area contributed by atoms with Gasteiger partial charge in [-0.1, -0.05) is 17.7 Å². The normalized spacial score (nSPS) is 11.5. The molecule has 0 spiro atoms. The van der Waals surface area contributed by atoms with E-state index in [2.05, 4.69) is 0 Å². The van der Waals surface area contributed by atoms with Crippen LogP contribution in [0.4, 0.5) is 0 Å². The van der Waals surface area contributed by atoms with Crippen LogP contribution in [0, 0.1) is 0 Å². The fourth-order valence-corrected chi connectivity index (χ4v) is 4.27. The van der Waals surface area contributed by atoms with Crippen LogP contribution in [0.25, 0.3) is 10.8 Å². The number of amides is 1. The lowest BCUT2D eigenvalue weighted by molar-refractivity contribution is 0.0706. The molecule has 0 aliphatic heterocycles. The van der Waals surface area contributed by atoms with Gasteiger partial charge in [0.25, 0.3) is 11.5 Å². The number of pyridine rings is 1. The number of rotatable bonds is 6. The molecular weight excluding hydrogens is 404 g/mol. The van der Waals surface area contributed by atoms with E-state index in [0.29, 0.717) is 15.8 Å².